The lowest BCUT2D eigenvalue weighted by molar-refractivity contribution is -0.143. The standard InChI is InChI=1S/C26H33FN2O3/c1-4-23(26(31)28-22-7-5-6-8-22)29(16-20-11-13-21(27)14-12-20)25(30)17-32-24-15-18(2)9-10-19(24)3/h9-15,22-23H,4-8,16-17H2,1-3H3,(H,28,31)/t23-/m1/s1. The molecule has 32 heavy (non-hydrogen) atoms. The van der Waals surface area contributed by atoms with Gasteiger partial charge in [0.25, 0.3) is 5.91 Å². The molecule has 5 nitrogen and oxygen atoms in total. The molecule has 1 aliphatic carbocycles. The molecule has 1 saturated carbocycles. The fourth-order valence-corrected chi connectivity index (χ4v) is 4.16. The van der Waals surface area contributed by atoms with Gasteiger partial charge in [-0.05, 0) is 68.0 Å². The van der Waals surface area contributed by atoms with Gasteiger partial charge >= 0.3 is 0 Å². The van der Waals surface area contributed by atoms with Crippen molar-refractivity contribution in [3.05, 3.63) is 65.0 Å². The topological polar surface area (TPSA) is 58.6 Å². The number of hydrogen-bond donors (Lipinski definition) is 1. The first-order chi connectivity index (χ1) is 15.4. The van der Waals surface area contributed by atoms with E-state index in [1.807, 2.05) is 39.0 Å². The second-order valence-corrected chi connectivity index (χ2v) is 8.62. The van der Waals surface area contributed by atoms with Crippen LogP contribution >= 0.6 is 0 Å². The van der Waals surface area contributed by atoms with E-state index < -0.39 is 6.04 Å². The van der Waals surface area contributed by atoms with Crippen LogP contribution in [0.1, 0.15) is 55.7 Å². The Hall–Kier alpha value is -2.89. The quantitative estimate of drug-likeness (QED) is 0.616. The highest BCUT2D eigenvalue weighted by Gasteiger charge is 2.31. The normalized spacial score (nSPS) is 14.8. The Balaban J connectivity index is 1.77. The number of hydrogen-bond acceptors (Lipinski definition) is 3. The maximum Gasteiger partial charge on any atom is 0.261 e. The van der Waals surface area contributed by atoms with E-state index in [9.17, 15) is 14.0 Å². The van der Waals surface area contributed by atoms with Gasteiger partial charge in [0.2, 0.25) is 5.91 Å². The van der Waals surface area contributed by atoms with E-state index in [1.165, 1.54) is 12.1 Å². The molecular weight excluding hydrogens is 407 g/mol. The number of amides is 2. The van der Waals surface area contributed by atoms with E-state index >= 15 is 0 Å². The minimum Gasteiger partial charge on any atom is -0.483 e. The van der Waals surface area contributed by atoms with E-state index in [4.69, 9.17) is 4.74 Å². The van der Waals surface area contributed by atoms with Crippen LogP contribution in [0.25, 0.3) is 0 Å². The number of nitrogens with zero attached hydrogens (tertiary/aromatic N) is 1. The molecule has 1 N–H and O–H groups in total. The molecule has 2 aromatic carbocycles. The lowest BCUT2D eigenvalue weighted by Gasteiger charge is -2.31. The van der Waals surface area contributed by atoms with Gasteiger partial charge in [-0.2, -0.15) is 0 Å². The van der Waals surface area contributed by atoms with Crippen LogP contribution in [0.2, 0.25) is 0 Å². The lowest BCUT2D eigenvalue weighted by Crippen LogP contribution is -2.52. The van der Waals surface area contributed by atoms with Gasteiger partial charge in [-0.25, -0.2) is 4.39 Å². The summed E-state index contributed by atoms with van der Waals surface area (Å²) >= 11 is 0. The summed E-state index contributed by atoms with van der Waals surface area (Å²) < 4.78 is 19.2. The molecule has 0 saturated heterocycles. The van der Waals surface area contributed by atoms with Gasteiger partial charge in [0.15, 0.2) is 6.61 Å². The van der Waals surface area contributed by atoms with Crippen molar-refractivity contribution in [1.29, 1.82) is 0 Å². The third-order valence-electron chi connectivity index (χ3n) is 6.05. The van der Waals surface area contributed by atoms with Gasteiger partial charge in [-0.15, -0.1) is 0 Å². The molecule has 0 heterocycles. The molecule has 0 aliphatic heterocycles. The first-order valence-electron chi connectivity index (χ1n) is 11.4. The maximum absolute atomic E-state index is 13.4. The average Bonchev–Trinajstić information content (AvgIpc) is 3.28. The molecular formula is C26H33FN2O3. The third kappa shape index (κ3) is 6.31. The summed E-state index contributed by atoms with van der Waals surface area (Å²) in [6.07, 6.45) is 4.66. The second kappa shape index (κ2) is 11.1. The molecule has 3 rings (SSSR count). The van der Waals surface area contributed by atoms with Crippen LogP contribution < -0.4 is 10.1 Å². The first kappa shape index (κ1) is 23.8. The van der Waals surface area contributed by atoms with E-state index in [-0.39, 0.29) is 36.8 Å². The number of halogens is 1. The highest BCUT2D eigenvalue weighted by molar-refractivity contribution is 5.88. The summed E-state index contributed by atoms with van der Waals surface area (Å²) in [6.45, 7) is 5.84. The fourth-order valence-electron chi connectivity index (χ4n) is 4.16. The smallest absolute Gasteiger partial charge is 0.261 e. The maximum atomic E-state index is 13.4. The predicted molar refractivity (Wildman–Crippen MR) is 123 cm³/mol. The summed E-state index contributed by atoms with van der Waals surface area (Å²) in [5.41, 5.74) is 2.75. The van der Waals surface area contributed by atoms with Gasteiger partial charge in [0, 0.05) is 12.6 Å². The van der Waals surface area contributed by atoms with Crippen LogP contribution in [-0.2, 0) is 16.1 Å². The zero-order chi connectivity index (χ0) is 23.1. The molecule has 6 heteroatoms. The lowest BCUT2D eigenvalue weighted by atomic mass is 10.1. The van der Waals surface area contributed by atoms with E-state index in [0.717, 1.165) is 42.4 Å². The van der Waals surface area contributed by atoms with Crippen LogP contribution in [0, 0.1) is 19.7 Å². The number of aryl methyl sites for hydroxylation is 2. The fraction of sp³-hybridized carbons (Fsp3) is 0.462. The summed E-state index contributed by atoms with van der Waals surface area (Å²) in [7, 11) is 0. The van der Waals surface area contributed by atoms with Gasteiger partial charge in [-0.3, -0.25) is 9.59 Å². The largest absolute Gasteiger partial charge is 0.483 e. The number of benzene rings is 2. The van der Waals surface area contributed by atoms with Crippen molar-refractivity contribution in [3.63, 3.8) is 0 Å². The monoisotopic (exact) mass is 440 g/mol. The van der Waals surface area contributed by atoms with Crippen molar-refractivity contribution >= 4 is 11.8 Å². The first-order valence-corrected chi connectivity index (χ1v) is 11.4. The van der Waals surface area contributed by atoms with Crippen LogP contribution in [0.3, 0.4) is 0 Å². The van der Waals surface area contributed by atoms with Gasteiger partial charge in [-0.1, -0.05) is 44.0 Å². The molecule has 2 aromatic rings. The van der Waals surface area contributed by atoms with E-state index in [0.29, 0.717) is 12.2 Å². The Bertz CT molecular complexity index is 923. The van der Waals surface area contributed by atoms with Crippen LogP contribution in [-0.4, -0.2) is 35.4 Å². The molecule has 0 spiro atoms. The third-order valence-corrected chi connectivity index (χ3v) is 6.05. The summed E-state index contributed by atoms with van der Waals surface area (Å²) in [4.78, 5) is 27.9. The molecule has 1 fully saturated rings. The summed E-state index contributed by atoms with van der Waals surface area (Å²) in [5.74, 6) is -0.0929. The number of nitrogens with one attached hydrogen (secondary N) is 1. The Morgan fingerprint density at radius 1 is 1.12 bits per heavy atom. The highest BCUT2D eigenvalue weighted by Crippen LogP contribution is 2.21. The van der Waals surface area contributed by atoms with Crippen molar-refractivity contribution in [3.8, 4) is 5.75 Å². The molecule has 0 bridgehead atoms. The van der Waals surface area contributed by atoms with Crippen molar-refractivity contribution in [2.75, 3.05) is 6.61 Å². The second-order valence-electron chi connectivity index (χ2n) is 8.62. The van der Waals surface area contributed by atoms with Crippen molar-refractivity contribution < 1.29 is 18.7 Å². The zero-order valence-electron chi connectivity index (χ0n) is 19.2. The number of carbonyl (C=O) groups is 2. The molecule has 2 amide bonds. The average molecular weight is 441 g/mol. The number of carbonyl (C=O) groups excluding carboxylic acids is 2. The Labute approximate surface area is 190 Å². The Morgan fingerprint density at radius 3 is 2.47 bits per heavy atom. The Morgan fingerprint density at radius 2 is 1.81 bits per heavy atom. The Kier molecular flexibility index (Phi) is 8.26. The number of rotatable bonds is 9. The molecule has 0 radical (unpaired) electrons. The number of ether oxygens (including phenoxy) is 1. The SMILES string of the molecule is CC[C@H](C(=O)NC1CCCC1)N(Cc1ccc(F)cc1)C(=O)COc1cc(C)ccc1C. The van der Waals surface area contributed by atoms with E-state index in [2.05, 4.69) is 5.32 Å². The van der Waals surface area contributed by atoms with Crippen molar-refractivity contribution in [2.24, 2.45) is 0 Å². The molecule has 0 aromatic heterocycles. The zero-order valence-corrected chi connectivity index (χ0v) is 19.2. The van der Waals surface area contributed by atoms with Crippen molar-refractivity contribution in [1.82, 2.24) is 10.2 Å². The van der Waals surface area contributed by atoms with Crippen LogP contribution in [0.4, 0.5) is 4.39 Å². The van der Waals surface area contributed by atoms with E-state index in [1.54, 1.807) is 17.0 Å². The summed E-state index contributed by atoms with van der Waals surface area (Å²) in [5, 5.41) is 3.12. The molecule has 0 unspecified atom stereocenters. The molecule has 172 valence electrons. The van der Waals surface area contributed by atoms with Gasteiger partial charge in [0.1, 0.15) is 17.6 Å². The van der Waals surface area contributed by atoms with Crippen LogP contribution in [0.5, 0.6) is 5.75 Å². The minimum absolute atomic E-state index is 0.137. The van der Waals surface area contributed by atoms with Crippen LogP contribution in [0.15, 0.2) is 42.5 Å². The van der Waals surface area contributed by atoms with Crippen molar-refractivity contribution in [2.45, 2.75) is 71.5 Å². The highest BCUT2D eigenvalue weighted by atomic mass is 19.1. The molecule has 1 atom stereocenters. The van der Waals surface area contributed by atoms with Gasteiger partial charge < -0.3 is 15.0 Å². The summed E-state index contributed by atoms with van der Waals surface area (Å²) in [6, 6.07) is 11.4. The molecule has 1 aliphatic rings. The minimum atomic E-state index is -0.615. The van der Waals surface area contributed by atoms with Gasteiger partial charge in [0.05, 0.1) is 0 Å². The predicted octanol–water partition coefficient (Wildman–Crippen LogP) is 4.69.